The van der Waals surface area contributed by atoms with E-state index < -0.39 is 5.63 Å². The van der Waals surface area contributed by atoms with Crippen LogP contribution in [0, 0.1) is 6.92 Å². The lowest BCUT2D eigenvalue weighted by atomic mass is 10.0. The van der Waals surface area contributed by atoms with Crippen LogP contribution in [0.15, 0.2) is 39.5 Å². The largest absolute Gasteiger partial charge is 0.508 e. The lowest BCUT2D eigenvalue weighted by Crippen LogP contribution is -1.96. The third-order valence-electron chi connectivity index (χ3n) is 2.24. The van der Waals surface area contributed by atoms with Crippen molar-refractivity contribution >= 4 is 0 Å². The third kappa shape index (κ3) is 1.77. The molecule has 0 fully saturated rings. The smallest absolute Gasteiger partial charge is 0.336 e. The number of hydrogen-bond donors (Lipinski definition) is 2. The van der Waals surface area contributed by atoms with Gasteiger partial charge in [-0.3, -0.25) is 0 Å². The molecule has 16 heavy (non-hydrogen) atoms. The van der Waals surface area contributed by atoms with Crippen molar-refractivity contribution in [3.8, 4) is 22.8 Å². The van der Waals surface area contributed by atoms with Gasteiger partial charge in [0.1, 0.15) is 17.3 Å². The SMILES string of the molecule is Cc1cc(O)cc(O)c1-c1cccc(=O)o1. The highest BCUT2D eigenvalue weighted by Gasteiger charge is 2.11. The number of phenolic OH excluding ortho intramolecular Hbond substituents is 2. The number of hydrogen-bond acceptors (Lipinski definition) is 4. The van der Waals surface area contributed by atoms with Gasteiger partial charge in [0, 0.05) is 12.1 Å². The molecule has 0 aliphatic rings. The second kappa shape index (κ2) is 3.73. The van der Waals surface area contributed by atoms with Crippen molar-refractivity contribution in [2.45, 2.75) is 6.92 Å². The fraction of sp³-hybridized carbons (Fsp3) is 0.0833. The highest BCUT2D eigenvalue weighted by molar-refractivity contribution is 5.70. The molecule has 0 atom stereocenters. The first-order chi connectivity index (χ1) is 7.58. The van der Waals surface area contributed by atoms with Crippen LogP contribution in [0.2, 0.25) is 0 Å². The van der Waals surface area contributed by atoms with Crippen LogP contribution >= 0.6 is 0 Å². The quantitative estimate of drug-likeness (QED) is 0.768. The zero-order valence-corrected chi connectivity index (χ0v) is 8.60. The van der Waals surface area contributed by atoms with Gasteiger partial charge in [-0.05, 0) is 24.6 Å². The molecule has 0 spiro atoms. The minimum Gasteiger partial charge on any atom is -0.508 e. The molecule has 0 unspecified atom stereocenters. The number of rotatable bonds is 1. The first-order valence-corrected chi connectivity index (χ1v) is 4.71. The average Bonchev–Trinajstić information content (AvgIpc) is 2.15. The summed E-state index contributed by atoms with van der Waals surface area (Å²) in [5, 5.41) is 19.0. The van der Waals surface area contributed by atoms with Crippen LogP contribution in [0.4, 0.5) is 0 Å². The zero-order chi connectivity index (χ0) is 11.7. The molecule has 2 rings (SSSR count). The van der Waals surface area contributed by atoms with Crippen LogP contribution in [0.3, 0.4) is 0 Å². The Kier molecular flexibility index (Phi) is 2.40. The molecule has 82 valence electrons. The number of phenols is 2. The molecule has 1 aromatic carbocycles. The van der Waals surface area contributed by atoms with Gasteiger partial charge in [0.05, 0.1) is 5.56 Å². The van der Waals surface area contributed by atoms with Crippen LogP contribution < -0.4 is 5.63 Å². The second-order valence-corrected chi connectivity index (χ2v) is 3.47. The maximum atomic E-state index is 11.1. The van der Waals surface area contributed by atoms with Gasteiger partial charge in [-0.15, -0.1) is 0 Å². The molecule has 0 aliphatic carbocycles. The maximum Gasteiger partial charge on any atom is 0.336 e. The van der Waals surface area contributed by atoms with Crippen LogP contribution in [0.5, 0.6) is 11.5 Å². The first kappa shape index (κ1) is 10.3. The molecule has 0 aliphatic heterocycles. The van der Waals surface area contributed by atoms with E-state index in [1.807, 2.05) is 0 Å². The topological polar surface area (TPSA) is 70.7 Å². The Morgan fingerprint density at radius 2 is 1.94 bits per heavy atom. The lowest BCUT2D eigenvalue weighted by molar-refractivity contribution is 0.448. The molecule has 0 radical (unpaired) electrons. The Bertz CT molecular complexity index is 561. The van der Waals surface area contributed by atoms with Crippen molar-refractivity contribution in [1.29, 1.82) is 0 Å². The minimum absolute atomic E-state index is 0.0305. The Balaban J connectivity index is 2.69. The Morgan fingerprint density at radius 1 is 1.19 bits per heavy atom. The van der Waals surface area contributed by atoms with E-state index in [2.05, 4.69) is 0 Å². The molecular formula is C12H10O4. The van der Waals surface area contributed by atoms with Crippen LogP contribution in [-0.4, -0.2) is 10.2 Å². The van der Waals surface area contributed by atoms with Crippen molar-refractivity contribution < 1.29 is 14.6 Å². The van der Waals surface area contributed by atoms with E-state index in [0.29, 0.717) is 11.1 Å². The van der Waals surface area contributed by atoms with E-state index in [9.17, 15) is 15.0 Å². The molecule has 0 saturated carbocycles. The maximum absolute atomic E-state index is 11.1. The molecule has 4 nitrogen and oxygen atoms in total. The van der Waals surface area contributed by atoms with Gasteiger partial charge in [0.2, 0.25) is 0 Å². The predicted octanol–water partition coefficient (Wildman–Crippen LogP) is 2.03. The standard InChI is InChI=1S/C12H10O4/c1-7-5-8(13)6-9(14)12(7)10-3-2-4-11(15)16-10/h2-6,13-14H,1H3. The van der Waals surface area contributed by atoms with Crippen LogP contribution in [-0.2, 0) is 0 Å². The van der Waals surface area contributed by atoms with E-state index in [1.165, 1.54) is 18.2 Å². The van der Waals surface area contributed by atoms with Crippen molar-refractivity contribution in [3.05, 3.63) is 46.3 Å². The summed E-state index contributed by atoms with van der Waals surface area (Å²) in [4.78, 5) is 11.1. The molecule has 1 aromatic heterocycles. The first-order valence-electron chi connectivity index (χ1n) is 4.71. The Hall–Kier alpha value is -2.23. The summed E-state index contributed by atoms with van der Waals surface area (Å²) < 4.78 is 4.97. The minimum atomic E-state index is -0.482. The normalized spacial score (nSPS) is 10.3. The third-order valence-corrected chi connectivity index (χ3v) is 2.24. The van der Waals surface area contributed by atoms with E-state index >= 15 is 0 Å². The summed E-state index contributed by atoms with van der Waals surface area (Å²) >= 11 is 0. The second-order valence-electron chi connectivity index (χ2n) is 3.47. The molecular weight excluding hydrogens is 208 g/mol. The molecule has 4 heteroatoms. The van der Waals surface area contributed by atoms with Crippen LogP contribution in [0.1, 0.15) is 5.56 Å². The van der Waals surface area contributed by atoms with E-state index in [4.69, 9.17) is 4.42 Å². The van der Waals surface area contributed by atoms with Crippen LogP contribution in [0.25, 0.3) is 11.3 Å². The van der Waals surface area contributed by atoms with Crippen molar-refractivity contribution in [1.82, 2.24) is 0 Å². The van der Waals surface area contributed by atoms with Gasteiger partial charge in [0.15, 0.2) is 0 Å². The van der Waals surface area contributed by atoms with Gasteiger partial charge in [0.25, 0.3) is 0 Å². The highest BCUT2D eigenvalue weighted by atomic mass is 16.4. The molecule has 1 heterocycles. The molecule has 0 bridgehead atoms. The van der Waals surface area contributed by atoms with Gasteiger partial charge in [-0.25, -0.2) is 4.79 Å². The summed E-state index contributed by atoms with van der Waals surface area (Å²) in [6.45, 7) is 1.71. The van der Waals surface area contributed by atoms with Gasteiger partial charge in [-0.1, -0.05) is 6.07 Å². The molecule has 2 N–H and O–H groups in total. The predicted molar refractivity (Wildman–Crippen MR) is 58.5 cm³/mol. The van der Waals surface area contributed by atoms with E-state index in [0.717, 1.165) is 0 Å². The Morgan fingerprint density at radius 3 is 2.56 bits per heavy atom. The van der Waals surface area contributed by atoms with E-state index in [1.54, 1.807) is 19.1 Å². The summed E-state index contributed by atoms with van der Waals surface area (Å²) in [6.07, 6.45) is 0. The summed E-state index contributed by atoms with van der Waals surface area (Å²) in [6, 6.07) is 7.11. The van der Waals surface area contributed by atoms with Crippen molar-refractivity contribution in [2.24, 2.45) is 0 Å². The summed E-state index contributed by atoms with van der Waals surface area (Å²) in [5.41, 5.74) is 0.562. The van der Waals surface area contributed by atoms with Crippen molar-refractivity contribution in [3.63, 3.8) is 0 Å². The van der Waals surface area contributed by atoms with Gasteiger partial charge in [-0.2, -0.15) is 0 Å². The molecule has 0 saturated heterocycles. The number of aromatic hydroxyl groups is 2. The molecule has 2 aromatic rings. The summed E-state index contributed by atoms with van der Waals surface area (Å²) in [5.74, 6) is 0.131. The average molecular weight is 218 g/mol. The van der Waals surface area contributed by atoms with Crippen molar-refractivity contribution in [2.75, 3.05) is 0 Å². The van der Waals surface area contributed by atoms with Gasteiger partial charge >= 0.3 is 5.63 Å². The summed E-state index contributed by atoms with van der Waals surface area (Å²) in [7, 11) is 0. The number of aryl methyl sites for hydroxylation is 1. The lowest BCUT2D eigenvalue weighted by Gasteiger charge is -2.07. The fourth-order valence-corrected chi connectivity index (χ4v) is 1.60. The monoisotopic (exact) mass is 218 g/mol. The van der Waals surface area contributed by atoms with Gasteiger partial charge < -0.3 is 14.6 Å². The molecule has 0 amide bonds. The number of benzene rings is 1. The Labute approximate surface area is 91.4 Å². The zero-order valence-electron chi connectivity index (χ0n) is 8.60. The highest BCUT2D eigenvalue weighted by Crippen LogP contribution is 2.34. The van der Waals surface area contributed by atoms with E-state index in [-0.39, 0.29) is 17.3 Å². The fourth-order valence-electron chi connectivity index (χ4n) is 1.60.